The molecule has 0 spiro atoms. The Labute approximate surface area is 156 Å². The first-order chi connectivity index (χ1) is 11.9. The van der Waals surface area contributed by atoms with Gasteiger partial charge in [-0.25, -0.2) is 0 Å². The fourth-order valence-corrected chi connectivity index (χ4v) is 3.64. The Morgan fingerprint density at radius 1 is 1.16 bits per heavy atom. The van der Waals surface area contributed by atoms with E-state index < -0.39 is 0 Å². The molecule has 0 saturated carbocycles. The second-order valence-electron chi connectivity index (χ2n) is 6.61. The Morgan fingerprint density at radius 3 is 2.44 bits per heavy atom. The summed E-state index contributed by atoms with van der Waals surface area (Å²) in [5.41, 5.74) is 4.33. The maximum Gasteiger partial charge on any atom is 0.255 e. The second kappa shape index (κ2) is 7.00. The van der Waals surface area contributed by atoms with Gasteiger partial charge >= 0.3 is 0 Å². The molecule has 0 fully saturated rings. The first-order valence-electron chi connectivity index (χ1n) is 8.38. The van der Waals surface area contributed by atoms with E-state index in [1.54, 1.807) is 11.8 Å². The predicted octanol–water partition coefficient (Wildman–Crippen LogP) is 4.73. The molecule has 5 heteroatoms. The summed E-state index contributed by atoms with van der Waals surface area (Å²) in [6, 6.07) is 11.5. The van der Waals surface area contributed by atoms with E-state index in [-0.39, 0.29) is 11.8 Å². The van der Waals surface area contributed by atoms with Crippen LogP contribution in [0.15, 0.2) is 40.9 Å². The maximum absolute atomic E-state index is 12.7. The minimum atomic E-state index is -0.175. The van der Waals surface area contributed by atoms with Crippen molar-refractivity contribution in [2.45, 2.75) is 33.1 Å². The van der Waals surface area contributed by atoms with Crippen LogP contribution in [0.1, 0.15) is 48.2 Å². The molecule has 3 rings (SSSR count). The summed E-state index contributed by atoms with van der Waals surface area (Å²) >= 11 is 3.49. The zero-order chi connectivity index (χ0) is 18.1. The van der Waals surface area contributed by atoms with Crippen LogP contribution < -0.4 is 10.2 Å². The standard InChI is InChI=1S/C20H21BrN2O2/c1-12(2)14-4-6-15(7-5-14)20(25)22-18-11-17(21)10-16-8-9-23(13(3)24)19(16)18/h4-7,10-12H,8-9H2,1-3H3,(H,22,25). The van der Waals surface area contributed by atoms with Crippen LogP contribution >= 0.6 is 15.9 Å². The third-order valence-electron chi connectivity index (χ3n) is 4.50. The number of carbonyl (C=O) groups is 2. The lowest BCUT2D eigenvalue weighted by atomic mass is 10.0. The van der Waals surface area contributed by atoms with E-state index in [0.717, 1.165) is 22.1 Å². The number of hydrogen-bond donors (Lipinski definition) is 1. The van der Waals surface area contributed by atoms with E-state index >= 15 is 0 Å². The number of hydrogen-bond acceptors (Lipinski definition) is 2. The molecule has 1 heterocycles. The molecule has 0 aromatic heterocycles. The molecule has 130 valence electrons. The van der Waals surface area contributed by atoms with Gasteiger partial charge in [-0.15, -0.1) is 0 Å². The fraction of sp³-hybridized carbons (Fsp3) is 0.300. The molecule has 4 nitrogen and oxygen atoms in total. The van der Waals surface area contributed by atoms with Gasteiger partial charge in [0.25, 0.3) is 5.91 Å². The summed E-state index contributed by atoms with van der Waals surface area (Å²) in [7, 11) is 0. The second-order valence-corrected chi connectivity index (χ2v) is 7.53. The highest BCUT2D eigenvalue weighted by atomic mass is 79.9. The Hall–Kier alpha value is -2.14. The Balaban J connectivity index is 1.90. The zero-order valence-electron chi connectivity index (χ0n) is 14.6. The number of benzene rings is 2. The van der Waals surface area contributed by atoms with Crippen LogP contribution in [0.5, 0.6) is 0 Å². The molecule has 0 bridgehead atoms. The predicted molar refractivity (Wildman–Crippen MR) is 104 cm³/mol. The number of carbonyl (C=O) groups excluding carboxylic acids is 2. The minimum Gasteiger partial charge on any atom is -0.320 e. The Kier molecular flexibility index (Phi) is 4.95. The van der Waals surface area contributed by atoms with Crippen molar-refractivity contribution >= 4 is 39.1 Å². The van der Waals surface area contributed by atoms with Crippen LogP contribution in [0.2, 0.25) is 0 Å². The zero-order valence-corrected chi connectivity index (χ0v) is 16.2. The molecule has 2 amide bonds. The van der Waals surface area contributed by atoms with E-state index in [1.165, 1.54) is 5.56 Å². The van der Waals surface area contributed by atoms with Crippen molar-refractivity contribution in [3.63, 3.8) is 0 Å². The molecule has 25 heavy (non-hydrogen) atoms. The number of fused-ring (bicyclic) bond motifs is 1. The first kappa shape index (κ1) is 17.7. The average molecular weight is 401 g/mol. The molecular formula is C20H21BrN2O2. The number of nitrogens with one attached hydrogen (secondary N) is 1. The Bertz CT molecular complexity index is 828. The van der Waals surface area contributed by atoms with E-state index in [9.17, 15) is 9.59 Å². The smallest absolute Gasteiger partial charge is 0.255 e. The van der Waals surface area contributed by atoms with Crippen molar-refractivity contribution in [3.05, 3.63) is 57.6 Å². The van der Waals surface area contributed by atoms with Crippen molar-refractivity contribution in [3.8, 4) is 0 Å². The van der Waals surface area contributed by atoms with Crippen LogP contribution in [0, 0.1) is 0 Å². The van der Waals surface area contributed by atoms with Gasteiger partial charge in [-0.2, -0.15) is 0 Å². The third-order valence-corrected chi connectivity index (χ3v) is 4.95. The number of rotatable bonds is 3. The van der Waals surface area contributed by atoms with E-state index in [2.05, 4.69) is 35.1 Å². The highest BCUT2D eigenvalue weighted by Gasteiger charge is 2.26. The van der Waals surface area contributed by atoms with Crippen LogP contribution in [0.3, 0.4) is 0 Å². The van der Waals surface area contributed by atoms with Gasteiger partial charge in [0.2, 0.25) is 5.91 Å². The summed E-state index contributed by atoms with van der Waals surface area (Å²) in [5.74, 6) is 0.235. The molecule has 1 N–H and O–H groups in total. The van der Waals surface area contributed by atoms with Crippen molar-refractivity contribution in [1.82, 2.24) is 0 Å². The normalized spacial score (nSPS) is 13.1. The molecule has 2 aromatic rings. The number of halogens is 1. The maximum atomic E-state index is 12.7. The number of nitrogens with zero attached hydrogens (tertiary/aromatic N) is 1. The molecule has 1 aliphatic heterocycles. The van der Waals surface area contributed by atoms with Gasteiger partial charge in [0.1, 0.15) is 0 Å². The number of amides is 2. The summed E-state index contributed by atoms with van der Waals surface area (Å²) in [4.78, 5) is 26.3. The molecule has 0 saturated heterocycles. The first-order valence-corrected chi connectivity index (χ1v) is 9.18. The summed E-state index contributed by atoms with van der Waals surface area (Å²) < 4.78 is 0.891. The molecule has 1 aliphatic rings. The molecule has 2 aromatic carbocycles. The summed E-state index contributed by atoms with van der Waals surface area (Å²) in [5, 5.41) is 2.97. The van der Waals surface area contributed by atoms with Crippen molar-refractivity contribution in [1.29, 1.82) is 0 Å². The number of anilines is 2. The monoisotopic (exact) mass is 400 g/mol. The third kappa shape index (κ3) is 3.61. The lowest BCUT2D eigenvalue weighted by molar-refractivity contribution is -0.116. The van der Waals surface area contributed by atoms with Gasteiger partial charge in [-0.3, -0.25) is 9.59 Å². The summed E-state index contributed by atoms with van der Waals surface area (Å²) in [6.07, 6.45) is 0.792. The average Bonchev–Trinajstić information content (AvgIpc) is 2.99. The van der Waals surface area contributed by atoms with Crippen molar-refractivity contribution in [2.24, 2.45) is 0 Å². The van der Waals surface area contributed by atoms with Crippen LogP contribution in [0.4, 0.5) is 11.4 Å². The summed E-state index contributed by atoms with van der Waals surface area (Å²) in [6.45, 7) is 6.44. The van der Waals surface area contributed by atoms with Gasteiger partial charge in [0.15, 0.2) is 0 Å². The van der Waals surface area contributed by atoms with Gasteiger partial charge in [0, 0.05) is 23.5 Å². The molecule has 0 radical (unpaired) electrons. The quantitative estimate of drug-likeness (QED) is 0.808. The largest absolute Gasteiger partial charge is 0.320 e. The SMILES string of the molecule is CC(=O)N1CCc2cc(Br)cc(NC(=O)c3ccc(C(C)C)cc3)c21. The van der Waals surface area contributed by atoms with Gasteiger partial charge in [-0.05, 0) is 47.7 Å². The van der Waals surface area contributed by atoms with E-state index in [4.69, 9.17) is 0 Å². The highest BCUT2D eigenvalue weighted by Crippen LogP contribution is 2.38. The topological polar surface area (TPSA) is 49.4 Å². The minimum absolute atomic E-state index is 0.0159. The van der Waals surface area contributed by atoms with Gasteiger partial charge in [0.05, 0.1) is 11.4 Å². The lowest BCUT2D eigenvalue weighted by Gasteiger charge is -2.19. The van der Waals surface area contributed by atoms with Crippen LogP contribution in [-0.2, 0) is 11.2 Å². The van der Waals surface area contributed by atoms with Crippen molar-refractivity contribution < 1.29 is 9.59 Å². The molecular weight excluding hydrogens is 380 g/mol. The van der Waals surface area contributed by atoms with E-state index in [1.807, 2.05) is 36.4 Å². The van der Waals surface area contributed by atoms with Crippen LogP contribution in [-0.4, -0.2) is 18.4 Å². The van der Waals surface area contributed by atoms with Crippen molar-refractivity contribution in [2.75, 3.05) is 16.8 Å². The molecule has 0 aliphatic carbocycles. The fourth-order valence-electron chi connectivity index (χ4n) is 3.13. The highest BCUT2D eigenvalue weighted by molar-refractivity contribution is 9.10. The van der Waals surface area contributed by atoms with E-state index in [0.29, 0.717) is 23.7 Å². The van der Waals surface area contributed by atoms with Gasteiger partial charge in [-0.1, -0.05) is 41.9 Å². The van der Waals surface area contributed by atoms with Crippen LogP contribution in [0.25, 0.3) is 0 Å². The lowest BCUT2D eigenvalue weighted by Crippen LogP contribution is -2.27. The van der Waals surface area contributed by atoms with Gasteiger partial charge < -0.3 is 10.2 Å². The Morgan fingerprint density at radius 2 is 1.84 bits per heavy atom. The molecule has 0 atom stereocenters. The molecule has 0 unspecified atom stereocenters.